The van der Waals surface area contributed by atoms with Crippen molar-refractivity contribution in [2.45, 2.75) is 40.2 Å². The Kier molecular flexibility index (Phi) is 6.33. The van der Waals surface area contributed by atoms with Gasteiger partial charge in [0.1, 0.15) is 0 Å². The molecule has 86 valence electrons. The molecule has 0 fully saturated rings. The smallest absolute Gasteiger partial charge is 0.0558 e. The van der Waals surface area contributed by atoms with Gasteiger partial charge in [0.05, 0.1) is 6.61 Å². The second kappa shape index (κ2) is 6.38. The van der Waals surface area contributed by atoms with Gasteiger partial charge < -0.3 is 10.8 Å². The van der Waals surface area contributed by atoms with Gasteiger partial charge in [0.25, 0.3) is 0 Å². The predicted molar refractivity (Wildman–Crippen MR) is 61.2 cm³/mol. The number of aliphatic hydroxyl groups is 1. The Hall–Kier alpha value is -0.120. The zero-order valence-corrected chi connectivity index (χ0v) is 10.1. The summed E-state index contributed by atoms with van der Waals surface area (Å²) in [5.74, 6) is 0. The molecule has 0 aromatic rings. The first-order valence-corrected chi connectivity index (χ1v) is 5.54. The Balaban J connectivity index is 4.25. The molecule has 1 atom stereocenters. The van der Waals surface area contributed by atoms with Crippen LogP contribution < -0.4 is 5.73 Å². The molecule has 0 rings (SSSR count). The number of hydrogen-bond acceptors (Lipinski definition) is 3. The molecule has 0 aliphatic rings. The lowest BCUT2D eigenvalue weighted by Gasteiger charge is -2.36. The summed E-state index contributed by atoms with van der Waals surface area (Å²) in [5, 5.41) is 8.95. The van der Waals surface area contributed by atoms with E-state index in [-0.39, 0.29) is 12.0 Å². The van der Waals surface area contributed by atoms with Gasteiger partial charge in [-0.2, -0.15) is 0 Å². The molecule has 0 aliphatic heterocycles. The van der Waals surface area contributed by atoms with Crippen LogP contribution in [0.4, 0.5) is 0 Å². The fourth-order valence-electron chi connectivity index (χ4n) is 1.46. The quantitative estimate of drug-likeness (QED) is 0.649. The molecule has 3 nitrogen and oxygen atoms in total. The van der Waals surface area contributed by atoms with E-state index in [0.717, 1.165) is 19.5 Å². The second-order valence-corrected chi connectivity index (χ2v) is 4.66. The van der Waals surface area contributed by atoms with Gasteiger partial charge in [-0.15, -0.1) is 0 Å². The van der Waals surface area contributed by atoms with Crippen LogP contribution in [0.1, 0.15) is 34.1 Å². The molecule has 0 aromatic heterocycles. The van der Waals surface area contributed by atoms with Gasteiger partial charge in [-0.25, -0.2) is 0 Å². The molecule has 3 N–H and O–H groups in total. The van der Waals surface area contributed by atoms with Crippen molar-refractivity contribution in [2.24, 2.45) is 11.1 Å². The third-order valence-electron chi connectivity index (χ3n) is 3.05. The first kappa shape index (κ1) is 13.9. The van der Waals surface area contributed by atoms with E-state index in [4.69, 9.17) is 10.8 Å². The van der Waals surface area contributed by atoms with Crippen molar-refractivity contribution in [2.75, 3.05) is 26.2 Å². The fraction of sp³-hybridized carbons (Fsp3) is 1.00. The molecular formula is C11H26N2O. The standard InChI is InChI=1S/C11H26N2O/c1-5-11(4,8-12)9-13(6-7-14)10(2)3/h10,14H,5-9,12H2,1-4H3. The summed E-state index contributed by atoms with van der Waals surface area (Å²) in [4.78, 5) is 2.29. The third-order valence-corrected chi connectivity index (χ3v) is 3.05. The van der Waals surface area contributed by atoms with Crippen LogP contribution in [0.15, 0.2) is 0 Å². The van der Waals surface area contributed by atoms with Crippen molar-refractivity contribution in [3.63, 3.8) is 0 Å². The minimum Gasteiger partial charge on any atom is -0.395 e. The van der Waals surface area contributed by atoms with Crippen LogP contribution >= 0.6 is 0 Å². The normalized spacial score (nSPS) is 16.3. The summed E-state index contributed by atoms with van der Waals surface area (Å²) in [6, 6.07) is 0.472. The van der Waals surface area contributed by atoms with Gasteiger partial charge in [0.2, 0.25) is 0 Å². The molecule has 0 saturated heterocycles. The number of hydrogen-bond donors (Lipinski definition) is 2. The highest BCUT2D eigenvalue weighted by Crippen LogP contribution is 2.21. The molecule has 14 heavy (non-hydrogen) atoms. The van der Waals surface area contributed by atoms with E-state index in [9.17, 15) is 0 Å². The zero-order valence-electron chi connectivity index (χ0n) is 10.1. The Morgan fingerprint density at radius 3 is 2.29 bits per heavy atom. The average molecular weight is 202 g/mol. The maximum absolute atomic E-state index is 8.95. The van der Waals surface area contributed by atoms with Gasteiger partial charge in [0, 0.05) is 19.1 Å². The summed E-state index contributed by atoms with van der Waals surface area (Å²) in [7, 11) is 0. The molecule has 0 aliphatic carbocycles. The van der Waals surface area contributed by atoms with Gasteiger partial charge in [-0.1, -0.05) is 13.8 Å². The highest BCUT2D eigenvalue weighted by Gasteiger charge is 2.24. The van der Waals surface area contributed by atoms with E-state index in [2.05, 4.69) is 32.6 Å². The third kappa shape index (κ3) is 4.40. The Bertz CT molecular complexity index is 144. The van der Waals surface area contributed by atoms with Crippen molar-refractivity contribution in [1.82, 2.24) is 4.90 Å². The predicted octanol–water partition coefficient (Wildman–Crippen LogP) is 1.06. The van der Waals surface area contributed by atoms with Crippen LogP contribution in [0, 0.1) is 5.41 Å². The molecule has 1 unspecified atom stereocenters. The lowest BCUT2D eigenvalue weighted by atomic mass is 9.87. The molecule has 0 bridgehead atoms. The van der Waals surface area contributed by atoms with Crippen molar-refractivity contribution < 1.29 is 5.11 Å². The van der Waals surface area contributed by atoms with Gasteiger partial charge in [0.15, 0.2) is 0 Å². The zero-order chi connectivity index (χ0) is 11.2. The largest absolute Gasteiger partial charge is 0.395 e. The van der Waals surface area contributed by atoms with Crippen molar-refractivity contribution in [3.05, 3.63) is 0 Å². The topological polar surface area (TPSA) is 49.5 Å². The number of aliphatic hydroxyl groups excluding tert-OH is 1. The van der Waals surface area contributed by atoms with E-state index < -0.39 is 0 Å². The van der Waals surface area contributed by atoms with Crippen LogP contribution in [-0.2, 0) is 0 Å². The highest BCUT2D eigenvalue weighted by atomic mass is 16.3. The van der Waals surface area contributed by atoms with Gasteiger partial charge in [-0.3, -0.25) is 4.90 Å². The first-order chi connectivity index (χ1) is 6.49. The Morgan fingerprint density at radius 1 is 1.43 bits per heavy atom. The molecule has 0 aromatic carbocycles. The Labute approximate surface area is 88.3 Å². The SMILES string of the molecule is CCC(C)(CN)CN(CCO)C(C)C. The molecular weight excluding hydrogens is 176 g/mol. The van der Waals surface area contributed by atoms with Gasteiger partial charge >= 0.3 is 0 Å². The second-order valence-electron chi connectivity index (χ2n) is 4.66. The molecule has 0 spiro atoms. The van der Waals surface area contributed by atoms with Crippen molar-refractivity contribution in [3.8, 4) is 0 Å². The number of nitrogens with zero attached hydrogens (tertiary/aromatic N) is 1. The highest BCUT2D eigenvalue weighted by molar-refractivity contribution is 4.79. The number of rotatable bonds is 7. The van der Waals surface area contributed by atoms with Gasteiger partial charge in [-0.05, 0) is 32.2 Å². The van der Waals surface area contributed by atoms with Crippen molar-refractivity contribution in [1.29, 1.82) is 0 Å². The minimum atomic E-state index is 0.180. The molecule has 3 heteroatoms. The van der Waals surface area contributed by atoms with Crippen LogP contribution in [0.3, 0.4) is 0 Å². The van der Waals surface area contributed by atoms with E-state index in [1.165, 1.54) is 0 Å². The van der Waals surface area contributed by atoms with Crippen LogP contribution in [0.25, 0.3) is 0 Å². The molecule has 0 radical (unpaired) electrons. The lowest BCUT2D eigenvalue weighted by Crippen LogP contribution is -2.44. The summed E-state index contributed by atoms with van der Waals surface area (Å²) in [6.07, 6.45) is 1.08. The summed E-state index contributed by atoms with van der Waals surface area (Å²) < 4.78 is 0. The Morgan fingerprint density at radius 2 is 2.00 bits per heavy atom. The van der Waals surface area contributed by atoms with Crippen LogP contribution in [0.5, 0.6) is 0 Å². The lowest BCUT2D eigenvalue weighted by molar-refractivity contribution is 0.109. The van der Waals surface area contributed by atoms with E-state index >= 15 is 0 Å². The first-order valence-electron chi connectivity index (χ1n) is 5.54. The summed E-state index contributed by atoms with van der Waals surface area (Å²) in [6.45, 7) is 11.3. The monoisotopic (exact) mass is 202 g/mol. The molecule has 0 amide bonds. The summed E-state index contributed by atoms with van der Waals surface area (Å²) in [5.41, 5.74) is 5.95. The fourth-order valence-corrected chi connectivity index (χ4v) is 1.46. The van der Waals surface area contributed by atoms with Crippen molar-refractivity contribution >= 4 is 0 Å². The average Bonchev–Trinajstić information content (AvgIpc) is 2.17. The maximum Gasteiger partial charge on any atom is 0.0558 e. The van der Waals surface area contributed by atoms with Crippen LogP contribution in [0.2, 0.25) is 0 Å². The number of nitrogens with two attached hydrogens (primary N) is 1. The maximum atomic E-state index is 8.95. The van der Waals surface area contributed by atoms with E-state index in [0.29, 0.717) is 12.6 Å². The van der Waals surface area contributed by atoms with E-state index in [1.54, 1.807) is 0 Å². The minimum absolute atomic E-state index is 0.180. The van der Waals surface area contributed by atoms with Crippen LogP contribution in [-0.4, -0.2) is 42.3 Å². The van der Waals surface area contributed by atoms with E-state index in [1.807, 2.05) is 0 Å². The molecule has 0 saturated carbocycles. The summed E-state index contributed by atoms with van der Waals surface area (Å²) >= 11 is 0. The molecule has 0 heterocycles.